The van der Waals surface area contributed by atoms with Crippen molar-refractivity contribution in [2.24, 2.45) is 0 Å². The summed E-state index contributed by atoms with van der Waals surface area (Å²) in [6.45, 7) is 0. The van der Waals surface area contributed by atoms with E-state index in [4.69, 9.17) is 14.9 Å². The number of carboxylic acids is 4. The third kappa shape index (κ3) is 6.07. The van der Waals surface area contributed by atoms with Crippen molar-refractivity contribution in [1.29, 1.82) is 0 Å². The maximum atomic E-state index is 13.0. The van der Waals surface area contributed by atoms with Gasteiger partial charge in [-0.1, -0.05) is 0 Å². The second-order valence-corrected chi connectivity index (χ2v) is 12.6. The first-order valence-electron chi connectivity index (χ1n) is 11.7. The molecule has 15 heteroatoms. The highest BCUT2D eigenvalue weighted by atomic mass is 32.2. The molecule has 4 aromatic rings. The first kappa shape index (κ1) is 30.4. The van der Waals surface area contributed by atoms with Gasteiger partial charge < -0.3 is 25.2 Å². The second-order valence-electron chi connectivity index (χ2n) is 8.69. The van der Waals surface area contributed by atoms with E-state index < -0.39 is 75.6 Å². The topological polar surface area (TPSA) is 227 Å². The van der Waals surface area contributed by atoms with Gasteiger partial charge in [0.25, 0.3) is 0 Å². The first-order valence-corrected chi connectivity index (χ1v) is 14.7. The Labute approximate surface area is 242 Å². The van der Waals surface area contributed by atoms with Gasteiger partial charge in [0, 0.05) is 0 Å². The van der Waals surface area contributed by atoms with Crippen molar-refractivity contribution in [2.45, 2.75) is 19.6 Å². The summed E-state index contributed by atoms with van der Waals surface area (Å²) < 4.78 is 57.7. The summed E-state index contributed by atoms with van der Waals surface area (Å²) in [6, 6.07) is 15.1. The van der Waals surface area contributed by atoms with Crippen LogP contribution >= 0.6 is 0 Å². The second kappa shape index (κ2) is 11.4. The molecule has 0 aliphatic rings. The molecule has 0 saturated carbocycles. The maximum Gasteiger partial charge on any atom is 0.336 e. The predicted molar refractivity (Wildman–Crippen MR) is 145 cm³/mol. The van der Waals surface area contributed by atoms with Gasteiger partial charge in [0.05, 0.1) is 41.8 Å². The van der Waals surface area contributed by atoms with Crippen molar-refractivity contribution in [3.8, 4) is 11.5 Å². The Morgan fingerprint density at radius 2 is 0.698 bits per heavy atom. The van der Waals surface area contributed by atoms with Crippen molar-refractivity contribution < 1.29 is 61.2 Å². The highest BCUT2D eigenvalue weighted by molar-refractivity contribution is 7.91. The number of benzene rings is 4. The van der Waals surface area contributed by atoms with Gasteiger partial charge in [0.15, 0.2) is 0 Å². The quantitative estimate of drug-likeness (QED) is 0.196. The van der Waals surface area contributed by atoms with Crippen LogP contribution in [0.3, 0.4) is 0 Å². The number of hydrogen-bond acceptors (Lipinski definition) is 9. The Hall–Kier alpha value is -5.54. The molecular formula is C28H18O13S2. The minimum absolute atomic E-state index is 0.150. The summed E-state index contributed by atoms with van der Waals surface area (Å²) >= 11 is 0. The number of sulfone groups is 2. The van der Waals surface area contributed by atoms with Gasteiger partial charge in [-0.05, 0) is 84.9 Å². The van der Waals surface area contributed by atoms with Crippen molar-refractivity contribution in [1.82, 2.24) is 0 Å². The Morgan fingerprint density at radius 3 is 0.977 bits per heavy atom. The SMILES string of the molecule is O=C(O)c1ccc(S(=O)(=O)c2ccc(Oc3ccc(S(=O)(=O)c4ccc(C(=O)O)c(C(=O)O)c4)cc3)cc2)cc1C(=O)O. The van der Waals surface area contributed by atoms with Crippen LogP contribution in [0.5, 0.6) is 11.5 Å². The molecule has 0 unspecified atom stereocenters. The molecule has 0 atom stereocenters. The molecule has 0 aliphatic carbocycles. The molecule has 4 aromatic carbocycles. The van der Waals surface area contributed by atoms with E-state index in [1.54, 1.807) is 0 Å². The van der Waals surface area contributed by atoms with Crippen molar-refractivity contribution in [3.63, 3.8) is 0 Å². The molecule has 0 heterocycles. The van der Waals surface area contributed by atoms with E-state index in [0.29, 0.717) is 0 Å². The van der Waals surface area contributed by atoms with Crippen molar-refractivity contribution in [2.75, 3.05) is 0 Å². The highest BCUT2D eigenvalue weighted by Gasteiger charge is 2.25. The van der Waals surface area contributed by atoms with E-state index >= 15 is 0 Å². The molecular weight excluding hydrogens is 608 g/mol. The first-order chi connectivity index (χ1) is 20.1. The average Bonchev–Trinajstić information content (AvgIpc) is 2.96. The van der Waals surface area contributed by atoms with E-state index in [1.807, 2.05) is 0 Å². The molecule has 0 spiro atoms. The fourth-order valence-electron chi connectivity index (χ4n) is 3.89. The van der Waals surface area contributed by atoms with Crippen LogP contribution in [0.15, 0.2) is 105 Å². The number of carboxylic acid groups (broad SMARTS) is 4. The lowest BCUT2D eigenvalue weighted by Gasteiger charge is -2.10. The Balaban J connectivity index is 1.55. The Morgan fingerprint density at radius 1 is 0.419 bits per heavy atom. The zero-order valence-electron chi connectivity index (χ0n) is 21.4. The summed E-state index contributed by atoms with van der Waals surface area (Å²) in [6.07, 6.45) is 0. The normalized spacial score (nSPS) is 11.4. The van der Waals surface area contributed by atoms with E-state index in [-0.39, 0.29) is 21.3 Å². The van der Waals surface area contributed by atoms with Crippen LogP contribution in [0.1, 0.15) is 41.4 Å². The van der Waals surface area contributed by atoms with E-state index in [2.05, 4.69) is 0 Å². The molecule has 220 valence electrons. The van der Waals surface area contributed by atoms with Gasteiger partial charge in [-0.3, -0.25) is 0 Å². The van der Waals surface area contributed by atoms with Crippen LogP contribution in [0.2, 0.25) is 0 Å². The van der Waals surface area contributed by atoms with Crippen LogP contribution in [0.25, 0.3) is 0 Å². The third-order valence-corrected chi connectivity index (χ3v) is 9.56. The van der Waals surface area contributed by atoms with Crippen LogP contribution in [0.4, 0.5) is 0 Å². The van der Waals surface area contributed by atoms with Gasteiger partial charge in [0.1, 0.15) is 11.5 Å². The monoisotopic (exact) mass is 626 g/mol. The average molecular weight is 627 g/mol. The number of hydrogen-bond donors (Lipinski definition) is 4. The Bertz CT molecular complexity index is 1870. The van der Waals surface area contributed by atoms with Crippen LogP contribution in [-0.4, -0.2) is 61.1 Å². The molecule has 4 rings (SSSR count). The van der Waals surface area contributed by atoms with Crippen molar-refractivity contribution in [3.05, 3.63) is 107 Å². The van der Waals surface area contributed by atoms with Gasteiger partial charge in [0.2, 0.25) is 19.7 Å². The van der Waals surface area contributed by atoms with Gasteiger partial charge in [-0.2, -0.15) is 0 Å². The third-order valence-electron chi connectivity index (χ3n) is 6.03. The zero-order chi connectivity index (χ0) is 31.7. The fraction of sp³-hybridized carbons (Fsp3) is 0. The summed E-state index contributed by atoms with van der Waals surface area (Å²) in [5.74, 6) is -5.99. The number of aromatic carboxylic acids is 4. The summed E-state index contributed by atoms with van der Waals surface area (Å²) in [5.41, 5.74) is -2.54. The summed E-state index contributed by atoms with van der Waals surface area (Å²) in [5, 5.41) is 36.9. The van der Waals surface area contributed by atoms with E-state index in [1.165, 1.54) is 48.5 Å². The highest BCUT2D eigenvalue weighted by Crippen LogP contribution is 2.29. The largest absolute Gasteiger partial charge is 0.478 e. The predicted octanol–water partition coefficient (Wildman–Crippen LogP) is 3.94. The number of rotatable bonds is 10. The zero-order valence-corrected chi connectivity index (χ0v) is 23.0. The van der Waals surface area contributed by atoms with Crippen LogP contribution in [-0.2, 0) is 19.7 Å². The number of ether oxygens (including phenoxy) is 1. The smallest absolute Gasteiger partial charge is 0.336 e. The molecule has 0 aliphatic heterocycles. The molecule has 0 bridgehead atoms. The molecule has 0 saturated heterocycles. The lowest BCUT2D eigenvalue weighted by molar-refractivity contribution is 0.0651. The molecule has 0 fully saturated rings. The summed E-state index contributed by atoms with van der Waals surface area (Å²) in [4.78, 5) is 44.0. The maximum absolute atomic E-state index is 13.0. The molecule has 13 nitrogen and oxygen atoms in total. The molecule has 0 amide bonds. The summed E-state index contributed by atoms with van der Waals surface area (Å²) in [7, 11) is -8.48. The molecule has 0 aromatic heterocycles. The molecule has 4 N–H and O–H groups in total. The Kier molecular flexibility index (Phi) is 8.05. The van der Waals surface area contributed by atoms with Crippen LogP contribution < -0.4 is 4.74 Å². The van der Waals surface area contributed by atoms with Crippen molar-refractivity contribution >= 4 is 43.6 Å². The minimum atomic E-state index is -4.24. The lowest BCUT2D eigenvalue weighted by Crippen LogP contribution is -2.11. The number of carbonyl (C=O) groups is 4. The lowest BCUT2D eigenvalue weighted by atomic mass is 10.1. The fourth-order valence-corrected chi connectivity index (χ4v) is 6.46. The molecule has 43 heavy (non-hydrogen) atoms. The van der Waals surface area contributed by atoms with E-state index in [9.17, 15) is 46.2 Å². The van der Waals surface area contributed by atoms with Gasteiger partial charge in [-0.15, -0.1) is 0 Å². The molecule has 0 radical (unpaired) electrons. The van der Waals surface area contributed by atoms with Gasteiger partial charge in [-0.25, -0.2) is 36.0 Å². The van der Waals surface area contributed by atoms with Gasteiger partial charge >= 0.3 is 23.9 Å². The van der Waals surface area contributed by atoms with Crippen LogP contribution in [0, 0.1) is 0 Å². The van der Waals surface area contributed by atoms with E-state index in [0.717, 1.165) is 36.4 Å². The minimum Gasteiger partial charge on any atom is -0.478 e. The standard InChI is InChI=1S/C28H18O13S2/c29-25(30)21-11-9-19(13-23(21)27(33)34)42(37,38)17-5-1-15(2-6-17)41-16-3-7-18(8-4-16)43(39,40)20-10-12-22(26(31)32)24(14-20)28(35)36/h1-14H,(H,29,30)(H,31,32)(H,33,34)(H,35,36).